The predicted molar refractivity (Wildman–Crippen MR) is 243 cm³/mol. The molecule has 0 unspecified atom stereocenters. The molecule has 0 bridgehead atoms. The average molecular weight is 967 g/mol. The second kappa shape index (κ2) is 20.6. The summed E-state index contributed by atoms with van der Waals surface area (Å²) in [7, 11) is 2.10. The summed E-state index contributed by atoms with van der Waals surface area (Å²) in [6.45, 7) is 4.09. The number of fused-ring (bicyclic) bond motifs is 4. The van der Waals surface area contributed by atoms with Crippen LogP contribution >= 0.6 is 0 Å². The van der Waals surface area contributed by atoms with E-state index in [1.165, 1.54) is 41.3 Å². The first-order valence-electron chi connectivity index (χ1n) is 21.2. The summed E-state index contributed by atoms with van der Waals surface area (Å²) in [6, 6.07) is 8.32. The number of amides is 2. The summed E-state index contributed by atoms with van der Waals surface area (Å²) < 4.78 is 95.8. The highest BCUT2D eigenvalue weighted by Gasteiger charge is 2.24. The van der Waals surface area contributed by atoms with Gasteiger partial charge in [-0.05, 0) is 56.3 Å². The second-order valence-corrected chi connectivity index (χ2v) is 22.8. The Kier molecular flexibility index (Phi) is 14.9. The minimum atomic E-state index is -2.93. The number of nitrogens with zero attached hydrogens (tertiary/aromatic N) is 9. The molecule has 3 N–H and O–H groups in total. The lowest BCUT2D eigenvalue weighted by molar-refractivity contribution is -0.132. The van der Waals surface area contributed by atoms with Crippen molar-refractivity contribution in [3.8, 4) is 22.8 Å². The zero-order chi connectivity index (χ0) is 49.0. The van der Waals surface area contributed by atoms with Gasteiger partial charge in [0.15, 0.2) is 11.3 Å². The Morgan fingerprint density at radius 2 is 1.26 bits per heavy atom. The van der Waals surface area contributed by atoms with Gasteiger partial charge < -0.3 is 34.4 Å². The van der Waals surface area contributed by atoms with Crippen molar-refractivity contribution in [3.63, 3.8) is 0 Å². The van der Waals surface area contributed by atoms with Crippen molar-refractivity contribution in [2.45, 2.75) is 71.6 Å². The summed E-state index contributed by atoms with van der Waals surface area (Å²) in [6.07, 6.45) is 6.08. The number of ether oxygens (including phenoxy) is 3. The van der Waals surface area contributed by atoms with Crippen molar-refractivity contribution in [2.24, 2.45) is 14.1 Å². The molecule has 2 amide bonds. The lowest BCUT2D eigenvalue weighted by Gasteiger charge is -2.15. The highest BCUT2D eigenvalue weighted by atomic mass is 28.3. The van der Waals surface area contributed by atoms with E-state index in [-0.39, 0.29) is 42.7 Å². The van der Waals surface area contributed by atoms with Crippen LogP contribution in [-0.2, 0) is 35.0 Å². The van der Waals surface area contributed by atoms with Crippen LogP contribution in [0.4, 0.5) is 26.3 Å². The number of hydrogen-bond acceptors (Lipinski definition) is 11. The fourth-order valence-electron chi connectivity index (χ4n) is 7.11. The molecular formula is C44H48F6N12O5Si. The van der Waals surface area contributed by atoms with Gasteiger partial charge in [0.2, 0.25) is 0 Å². The second-order valence-electron chi connectivity index (χ2n) is 17.1. The molecule has 0 radical (unpaired) electrons. The smallest absolute Gasteiger partial charge is 0.345 e. The lowest BCUT2D eigenvalue weighted by atomic mass is 10.1. The molecule has 17 nitrogen and oxygen atoms in total. The maximum absolute atomic E-state index is 13.8. The number of H-pyrrole nitrogens is 1. The molecule has 0 saturated heterocycles. The van der Waals surface area contributed by atoms with Gasteiger partial charge in [0.1, 0.15) is 52.2 Å². The van der Waals surface area contributed by atoms with E-state index in [1.807, 2.05) is 0 Å². The molecule has 6 heterocycles. The molecule has 0 spiro atoms. The van der Waals surface area contributed by atoms with Crippen LogP contribution in [0.15, 0.2) is 61.2 Å². The van der Waals surface area contributed by atoms with E-state index in [1.54, 1.807) is 61.7 Å². The third kappa shape index (κ3) is 11.5. The zero-order valence-electron chi connectivity index (χ0n) is 38.0. The molecule has 0 aliphatic heterocycles. The van der Waals surface area contributed by atoms with E-state index in [9.17, 15) is 35.9 Å². The van der Waals surface area contributed by atoms with Crippen molar-refractivity contribution in [1.82, 2.24) is 59.7 Å². The topological polar surface area (TPSA) is 194 Å². The maximum atomic E-state index is 13.8. The summed E-state index contributed by atoms with van der Waals surface area (Å²) in [4.78, 5) is 46.7. The first kappa shape index (κ1) is 49.1. The van der Waals surface area contributed by atoms with Crippen LogP contribution < -0.4 is 10.6 Å². The van der Waals surface area contributed by atoms with Gasteiger partial charge in [-0.25, -0.2) is 28.7 Å². The molecule has 0 saturated carbocycles. The number of rotatable bonds is 17. The molecule has 0 aliphatic carbocycles. The van der Waals surface area contributed by atoms with Crippen molar-refractivity contribution >= 4 is 64.0 Å². The number of alkyl halides is 4. The van der Waals surface area contributed by atoms with E-state index in [0.29, 0.717) is 73.5 Å². The zero-order valence-corrected chi connectivity index (χ0v) is 39.0. The van der Waals surface area contributed by atoms with Gasteiger partial charge in [0, 0.05) is 64.0 Å². The largest absolute Gasteiger partial charge is 0.361 e. The van der Waals surface area contributed by atoms with Gasteiger partial charge in [0.25, 0.3) is 11.8 Å². The number of benzene rings is 2. The molecule has 2 atom stereocenters. The van der Waals surface area contributed by atoms with Crippen LogP contribution in [0.1, 0.15) is 34.6 Å². The number of carbonyl (C=O) groups is 2. The molecule has 0 fully saturated rings. The monoisotopic (exact) mass is 966 g/mol. The Morgan fingerprint density at radius 1 is 0.750 bits per heavy atom. The Hall–Kier alpha value is -6.76. The number of halogens is 6. The molecule has 6 aromatic heterocycles. The molecule has 24 heteroatoms. The lowest BCUT2D eigenvalue weighted by Crippen LogP contribution is -2.36. The Labute approximate surface area is 385 Å². The average Bonchev–Trinajstić information content (AvgIpc) is 4.05. The number of nitrogens with one attached hydrogen (secondary N) is 3. The third-order valence-corrected chi connectivity index (χ3v) is 12.2. The van der Waals surface area contributed by atoms with E-state index in [0.717, 1.165) is 6.04 Å². The van der Waals surface area contributed by atoms with Crippen LogP contribution in [0.2, 0.25) is 25.7 Å². The van der Waals surface area contributed by atoms with Crippen molar-refractivity contribution < 1.29 is 50.1 Å². The highest BCUT2D eigenvalue weighted by Crippen LogP contribution is 2.30. The third-order valence-electron chi connectivity index (χ3n) is 10.5. The number of carbonyl (C=O) groups excluding carboxylic acids is 2. The molecule has 8 rings (SSSR count). The van der Waals surface area contributed by atoms with E-state index in [2.05, 4.69) is 69.9 Å². The fraction of sp³-hybridized carbons (Fsp3) is 0.364. The van der Waals surface area contributed by atoms with Crippen LogP contribution in [0, 0.1) is 11.6 Å². The Morgan fingerprint density at radius 3 is 1.79 bits per heavy atom. The summed E-state index contributed by atoms with van der Waals surface area (Å²) in [5.74, 6) is -1.79. The number of aromatic nitrogens is 10. The number of aryl methyl sites for hydroxylation is 2. The minimum Gasteiger partial charge on any atom is -0.361 e. The van der Waals surface area contributed by atoms with Crippen molar-refractivity contribution in [2.75, 3.05) is 19.8 Å². The standard InChI is InChI=1S/C25H31F3N6O3Si.C19H17F3N6O2/c1-15(13-37-25(27)28)30-24(35)18-12-34(14-36-8-9-38(3,4)5)23-22(18)31-19(11-29-23)21-17-7-6-16(26)10-20(17)33(2)32-21;1-9(8-30-19(21)22)25-18(29)12-6-23-17-16(12)26-13(7-24-17)15-11-4-3-10(20)5-14(11)28(2)27-15/h6-7,10-12,15,25H,8-9,13-14H2,1-5H3,(H,30,35);3-7,9,19H,8H2,1-2H3,(H,23,24)(H,25,29)/t15-;9-/m00/s1. The van der Waals surface area contributed by atoms with Crippen LogP contribution in [0.25, 0.3) is 66.9 Å². The highest BCUT2D eigenvalue weighted by molar-refractivity contribution is 6.76. The first-order valence-corrected chi connectivity index (χ1v) is 24.9. The van der Waals surface area contributed by atoms with E-state index >= 15 is 0 Å². The Balaban J connectivity index is 0.000000207. The molecule has 68 heavy (non-hydrogen) atoms. The van der Waals surface area contributed by atoms with Crippen LogP contribution in [0.5, 0.6) is 0 Å². The predicted octanol–water partition coefficient (Wildman–Crippen LogP) is 7.80. The first-order chi connectivity index (χ1) is 32.3. The minimum absolute atomic E-state index is 0.165. The fourth-order valence-corrected chi connectivity index (χ4v) is 7.87. The van der Waals surface area contributed by atoms with Gasteiger partial charge >= 0.3 is 13.2 Å². The quantitative estimate of drug-likeness (QED) is 0.0458. The number of hydrogen-bond donors (Lipinski definition) is 3. The van der Waals surface area contributed by atoms with Crippen LogP contribution in [0.3, 0.4) is 0 Å². The van der Waals surface area contributed by atoms with E-state index in [4.69, 9.17) is 9.72 Å². The summed E-state index contributed by atoms with van der Waals surface area (Å²) >= 11 is 0. The van der Waals surface area contributed by atoms with Gasteiger partial charge in [-0.1, -0.05) is 19.6 Å². The molecule has 0 aliphatic rings. The Bertz CT molecular complexity index is 3100. The molecule has 360 valence electrons. The normalized spacial score (nSPS) is 12.9. The van der Waals surface area contributed by atoms with Gasteiger partial charge in [-0.3, -0.25) is 19.0 Å². The maximum Gasteiger partial charge on any atom is 0.345 e. The number of aromatic amines is 1. The van der Waals surface area contributed by atoms with E-state index < -0.39 is 45.2 Å². The van der Waals surface area contributed by atoms with Gasteiger partial charge in [-0.15, -0.1) is 0 Å². The van der Waals surface area contributed by atoms with Crippen molar-refractivity contribution in [3.05, 3.63) is 83.9 Å². The molecule has 2 aromatic carbocycles. The summed E-state index contributed by atoms with van der Waals surface area (Å²) in [5.41, 5.74) is 4.78. The van der Waals surface area contributed by atoms with Crippen molar-refractivity contribution in [1.29, 1.82) is 0 Å². The van der Waals surface area contributed by atoms with Gasteiger partial charge in [-0.2, -0.15) is 27.8 Å². The molecular weight excluding hydrogens is 919 g/mol. The SMILES string of the molecule is C[C@@H](COC(F)F)NC(=O)c1c[nH]c2ncc(-c3nn(C)c4cc(F)ccc34)nc12.C[C@@H](COC(F)F)NC(=O)c1cn(COCC[Si](C)(C)C)c2ncc(-c3nn(C)c4cc(F)ccc34)nc12. The molecule has 8 aromatic rings. The van der Waals surface area contributed by atoms with Crippen LogP contribution in [-0.4, -0.2) is 114 Å². The summed E-state index contributed by atoms with van der Waals surface area (Å²) in [5, 5.41) is 15.5. The van der Waals surface area contributed by atoms with Gasteiger partial charge in [0.05, 0.1) is 47.8 Å².